The molecule has 0 aromatic heterocycles. The lowest BCUT2D eigenvalue weighted by atomic mass is 10.1. The first-order valence-corrected chi connectivity index (χ1v) is 6.87. The number of hydrogen-bond donors (Lipinski definition) is 3. The van der Waals surface area contributed by atoms with Crippen LogP contribution in [0.25, 0.3) is 0 Å². The Balaban J connectivity index is 0.00000172. The number of aliphatic hydroxyl groups excluding tert-OH is 1. The Morgan fingerprint density at radius 2 is 1.95 bits per heavy atom. The normalized spacial score (nSPS) is 9.55. The van der Waals surface area contributed by atoms with Crippen molar-refractivity contribution in [3.05, 3.63) is 29.8 Å². The van der Waals surface area contributed by atoms with Gasteiger partial charge in [-0.05, 0) is 43.5 Å². The van der Waals surface area contributed by atoms with Gasteiger partial charge in [-0.25, -0.2) is 0 Å². The van der Waals surface area contributed by atoms with Gasteiger partial charge in [0.05, 0.1) is 6.54 Å². The average molecular weight is 282 g/mol. The number of rotatable bonds is 10. The number of hydrogen-bond acceptors (Lipinski definition) is 5. The number of ether oxygens (including phenoxy) is 1. The molecule has 4 N–H and O–H groups in total. The second kappa shape index (κ2) is 14.0. The van der Waals surface area contributed by atoms with E-state index in [0.717, 1.165) is 45.0 Å². The summed E-state index contributed by atoms with van der Waals surface area (Å²) in [5.74, 6) is 0.866. The van der Waals surface area contributed by atoms with E-state index in [9.17, 15) is 4.79 Å². The number of unbranched alkanes of at least 4 members (excludes halogenated alkanes) is 1. The molecule has 1 aromatic carbocycles. The van der Waals surface area contributed by atoms with Crippen molar-refractivity contribution < 1.29 is 14.6 Å². The van der Waals surface area contributed by atoms with Crippen molar-refractivity contribution in [2.75, 3.05) is 33.4 Å². The predicted octanol–water partition coefficient (Wildman–Crippen LogP) is 0.744. The van der Waals surface area contributed by atoms with E-state index in [1.54, 1.807) is 0 Å². The zero-order valence-corrected chi connectivity index (χ0v) is 12.2. The van der Waals surface area contributed by atoms with Gasteiger partial charge in [0.15, 0.2) is 0 Å². The molecule has 5 heteroatoms. The maximum Gasteiger partial charge on any atom is 0.133 e. The standard InChI is InChI=1S/C14H22N2O2.CH4O/c15-8-2-1-3-13-4-6-14(7-5-13)18-12-10-16-9-11-17;1-2/h4-7,11,16H,1-3,8-10,12,15H2;2H,1H3. The predicted molar refractivity (Wildman–Crippen MR) is 81.0 cm³/mol. The summed E-state index contributed by atoms with van der Waals surface area (Å²) in [6.07, 6.45) is 4.11. The van der Waals surface area contributed by atoms with Crippen molar-refractivity contribution >= 4 is 6.29 Å². The number of benzene rings is 1. The summed E-state index contributed by atoms with van der Waals surface area (Å²) in [7, 11) is 1.00. The number of nitrogens with one attached hydrogen (secondary N) is 1. The summed E-state index contributed by atoms with van der Waals surface area (Å²) in [5.41, 5.74) is 6.77. The van der Waals surface area contributed by atoms with Crippen LogP contribution >= 0.6 is 0 Å². The highest BCUT2D eigenvalue weighted by molar-refractivity contribution is 5.51. The highest BCUT2D eigenvalue weighted by atomic mass is 16.5. The Kier molecular flexibility index (Phi) is 13.0. The van der Waals surface area contributed by atoms with Gasteiger partial charge in [-0.15, -0.1) is 0 Å². The molecule has 1 rings (SSSR count). The summed E-state index contributed by atoms with van der Waals surface area (Å²) in [4.78, 5) is 10.1. The fourth-order valence-electron chi connectivity index (χ4n) is 1.63. The van der Waals surface area contributed by atoms with E-state index in [-0.39, 0.29) is 0 Å². The summed E-state index contributed by atoms with van der Waals surface area (Å²) in [6, 6.07) is 8.14. The molecular weight excluding hydrogens is 256 g/mol. The highest BCUT2D eigenvalue weighted by Crippen LogP contribution is 2.13. The van der Waals surface area contributed by atoms with Gasteiger partial charge in [0.2, 0.25) is 0 Å². The lowest BCUT2D eigenvalue weighted by Crippen LogP contribution is -2.22. The van der Waals surface area contributed by atoms with Gasteiger partial charge in [0.1, 0.15) is 18.6 Å². The third kappa shape index (κ3) is 9.49. The molecule has 0 unspecified atom stereocenters. The zero-order chi connectivity index (χ0) is 15.1. The molecule has 0 atom stereocenters. The number of nitrogens with two attached hydrogens (primary N) is 1. The minimum Gasteiger partial charge on any atom is -0.492 e. The van der Waals surface area contributed by atoms with E-state index in [1.807, 2.05) is 12.1 Å². The van der Waals surface area contributed by atoms with Crippen molar-refractivity contribution in [2.45, 2.75) is 19.3 Å². The second-order valence-electron chi connectivity index (χ2n) is 4.11. The summed E-state index contributed by atoms with van der Waals surface area (Å²) >= 11 is 0. The summed E-state index contributed by atoms with van der Waals surface area (Å²) in [6.45, 7) is 2.38. The number of aldehydes is 1. The first kappa shape index (κ1) is 18.6. The van der Waals surface area contributed by atoms with Gasteiger partial charge in [-0.1, -0.05) is 12.1 Å². The molecule has 0 saturated carbocycles. The SMILES string of the molecule is CO.NCCCCc1ccc(OCCNCC=O)cc1. The molecule has 1 aromatic rings. The molecule has 0 bridgehead atoms. The van der Waals surface area contributed by atoms with Crippen LogP contribution in [0.3, 0.4) is 0 Å². The number of carbonyl (C=O) groups excluding carboxylic acids is 1. The van der Waals surface area contributed by atoms with E-state index in [0.29, 0.717) is 19.7 Å². The van der Waals surface area contributed by atoms with Crippen LogP contribution < -0.4 is 15.8 Å². The van der Waals surface area contributed by atoms with Gasteiger partial charge >= 0.3 is 0 Å². The fourth-order valence-corrected chi connectivity index (χ4v) is 1.63. The van der Waals surface area contributed by atoms with Crippen LogP contribution in [0.15, 0.2) is 24.3 Å². The first-order valence-electron chi connectivity index (χ1n) is 6.87. The minimum atomic E-state index is 0.378. The molecule has 0 saturated heterocycles. The number of aryl methyl sites for hydroxylation is 1. The van der Waals surface area contributed by atoms with E-state index in [1.165, 1.54) is 5.56 Å². The van der Waals surface area contributed by atoms with Gasteiger partial charge in [-0.3, -0.25) is 0 Å². The van der Waals surface area contributed by atoms with Crippen LogP contribution in [0, 0.1) is 0 Å². The topological polar surface area (TPSA) is 84.6 Å². The van der Waals surface area contributed by atoms with Crippen LogP contribution in [0.1, 0.15) is 18.4 Å². The van der Waals surface area contributed by atoms with Gasteiger partial charge in [0.25, 0.3) is 0 Å². The van der Waals surface area contributed by atoms with Crippen molar-refractivity contribution in [1.29, 1.82) is 0 Å². The van der Waals surface area contributed by atoms with E-state index in [4.69, 9.17) is 15.6 Å². The molecule has 0 spiro atoms. The smallest absolute Gasteiger partial charge is 0.133 e. The molecule has 114 valence electrons. The first-order chi connectivity index (χ1) is 9.86. The van der Waals surface area contributed by atoms with E-state index in [2.05, 4.69) is 17.4 Å². The van der Waals surface area contributed by atoms with Crippen LogP contribution in [-0.4, -0.2) is 44.7 Å². The molecule has 0 aliphatic heterocycles. The van der Waals surface area contributed by atoms with Crippen LogP contribution in [0.2, 0.25) is 0 Å². The van der Waals surface area contributed by atoms with Crippen LogP contribution in [-0.2, 0) is 11.2 Å². The molecule has 5 nitrogen and oxygen atoms in total. The Bertz CT molecular complexity index is 328. The molecule has 0 amide bonds. The summed E-state index contributed by atoms with van der Waals surface area (Å²) < 4.78 is 5.53. The maximum absolute atomic E-state index is 10.1. The third-order valence-corrected chi connectivity index (χ3v) is 2.62. The number of aliphatic hydroxyl groups is 1. The van der Waals surface area contributed by atoms with Crippen LogP contribution in [0.5, 0.6) is 5.75 Å². The Labute approximate surface area is 121 Å². The molecule has 0 fully saturated rings. The molecule has 0 radical (unpaired) electrons. The second-order valence-corrected chi connectivity index (χ2v) is 4.11. The quantitative estimate of drug-likeness (QED) is 0.435. The largest absolute Gasteiger partial charge is 0.492 e. The van der Waals surface area contributed by atoms with Crippen molar-refractivity contribution in [3.63, 3.8) is 0 Å². The molecule has 0 aliphatic carbocycles. The van der Waals surface area contributed by atoms with Crippen LogP contribution in [0.4, 0.5) is 0 Å². The van der Waals surface area contributed by atoms with Crippen molar-refractivity contribution in [2.24, 2.45) is 5.73 Å². The third-order valence-electron chi connectivity index (χ3n) is 2.62. The Hall–Kier alpha value is -1.43. The van der Waals surface area contributed by atoms with E-state index >= 15 is 0 Å². The van der Waals surface area contributed by atoms with Gasteiger partial charge in [-0.2, -0.15) is 0 Å². The molecule has 0 aliphatic rings. The fraction of sp³-hybridized carbons (Fsp3) is 0.533. The molecule has 20 heavy (non-hydrogen) atoms. The van der Waals surface area contributed by atoms with Crippen molar-refractivity contribution in [3.8, 4) is 5.75 Å². The van der Waals surface area contributed by atoms with Gasteiger partial charge < -0.3 is 25.7 Å². The van der Waals surface area contributed by atoms with Gasteiger partial charge in [0, 0.05) is 13.7 Å². The van der Waals surface area contributed by atoms with Crippen molar-refractivity contribution in [1.82, 2.24) is 5.32 Å². The Morgan fingerprint density at radius 1 is 1.25 bits per heavy atom. The highest BCUT2D eigenvalue weighted by Gasteiger charge is 1.96. The minimum absolute atomic E-state index is 0.378. The monoisotopic (exact) mass is 282 g/mol. The Morgan fingerprint density at radius 3 is 2.55 bits per heavy atom. The molecular formula is C15H26N2O3. The molecule has 0 heterocycles. The number of carbonyl (C=O) groups is 1. The zero-order valence-electron chi connectivity index (χ0n) is 12.2. The van der Waals surface area contributed by atoms with E-state index < -0.39 is 0 Å². The average Bonchev–Trinajstić information content (AvgIpc) is 2.51. The summed E-state index contributed by atoms with van der Waals surface area (Å²) in [5, 5.41) is 9.95. The lowest BCUT2D eigenvalue weighted by Gasteiger charge is -2.07. The maximum atomic E-state index is 10.1. The lowest BCUT2D eigenvalue weighted by molar-refractivity contribution is -0.107.